The standard InChI is InChI=1S/C13H26O3/c1-5-8-9-13(4,12(14)15)10-11(6-2)16-7-3/h11H,5-10H2,1-4H3,(H,14,15). The molecule has 0 rings (SSSR count). The lowest BCUT2D eigenvalue weighted by Gasteiger charge is -2.29. The Balaban J connectivity index is 4.45. The van der Waals surface area contributed by atoms with Crippen LogP contribution in [0.15, 0.2) is 0 Å². The number of aliphatic carboxylic acids is 1. The lowest BCUT2D eigenvalue weighted by molar-refractivity contribution is -0.151. The SMILES string of the molecule is CCCCC(C)(CC(CC)OCC)C(=O)O. The molecule has 3 heteroatoms. The van der Waals surface area contributed by atoms with Gasteiger partial charge in [0.15, 0.2) is 0 Å². The first-order chi connectivity index (χ1) is 7.50. The van der Waals surface area contributed by atoms with Gasteiger partial charge in [-0.1, -0.05) is 26.7 Å². The molecule has 0 radical (unpaired) electrons. The van der Waals surface area contributed by atoms with Crippen molar-refractivity contribution in [2.45, 2.75) is 65.9 Å². The topological polar surface area (TPSA) is 46.5 Å². The molecule has 0 fully saturated rings. The fourth-order valence-electron chi connectivity index (χ4n) is 1.92. The van der Waals surface area contributed by atoms with Crippen LogP contribution in [0.4, 0.5) is 0 Å². The molecule has 0 aromatic rings. The van der Waals surface area contributed by atoms with Crippen molar-refractivity contribution >= 4 is 5.97 Å². The second-order valence-corrected chi connectivity index (χ2v) is 4.66. The zero-order valence-corrected chi connectivity index (χ0v) is 11.1. The van der Waals surface area contributed by atoms with Gasteiger partial charge in [0.1, 0.15) is 0 Å². The Labute approximate surface area is 99.2 Å². The third-order valence-corrected chi connectivity index (χ3v) is 3.13. The minimum atomic E-state index is -0.695. The van der Waals surface area contributed by atoms with E-state index < -0.39 is 11.4 Å². The molecule has 0 aromatic heterocycles. The summed E-state index contributed by atoms with van der Waals surface area (Å²) >= 11 is 0. The third-order valence-electron chi connectivity index (χ3n) is 3.13. The minimum absolute atomic E-state index is 0.0722. The second-order valence-electron chi connectivity index (χ2n) is 4.66. The quantitative estimate of drug-likeness (QED) is 0.659. The third kappa shape index (κ3) is 4.97. The predicted octanol–water partition coefficient (Wildman–Crippen LogP) is 3.47. The molecule has 2 atom stereocenters. The zero-order valence-electron chi connectivity index (χ0n) is 11.1. The Hall–Kier alpha value is -0.570. The summed E-state index contributed by atoms with van der Waals surface area (Å²) in [4.78, 5) is 11.3. The minimum Gasteiger partial charge on any atom is -0.481 e. The van der Waals surface area contributed by atoms with E-state index in [0.717, 1.165) is 25.7 Å². The Kier molecular flexibility index (Phi) is 7.39. The van der Waals surface area contributed by atoms with Crippen molar-refractivity contribution in [2.24, 2.45) is 5.41 Å². The molecule has 96 valence electrons. The van der Waals surface area contributed by atoms with Crippen LogP contribution in [0.5, 0.6) is 0 Å². The Morgan fingerprint density at radius 1 is 1.38 bits per heavy atom. The maximum absolute atomic E-state index is 11.3. The molecule has 16 heavy (non-hydrogen) atoms. The van der Waals surface area contributed by atoms with Gasteiger partial charge in [-0.25, -0.2) is 0 Å². The summed E-state index contributed by atoms with van der Waals surface area (Å²) in [7, 11) is 0. The molecule has 0 aliphatic rings. The summed E-state index contributed by atoms with van der Waals surface area (Å²) in [6.07, 6.45) is 4.31. The average Bonchev–Trinajstić information content (AvgIpc) is 2.25. The smallest absolute Gasteiger partial charge is 0.309 e. The van der Waals surface area contributed by atoms with Gasteiger partial charge < -0.3 is 9.84 Å². The first-order valence-electron chi connectivity index (χ1n) is 6.35. The normalized spacial score (nSPS) is 16.8. The van der Waals surface area contributed by atoms with Crippen LogP contribution in [-0.2, 0) is 9.53 Å². The maximum Gasteiger partial charge on any atom is 0.309 e. The van der Waals surface area contributed by atoms with E-state index in [1.165, 1.54) is 0 Å². The van der Waals surface area contributed by atoms with Crippen LogP contribution in [0, 0.1) is 5.41 Å². The summed E-state index contributed by atoms with van der Waals surface area (Å²) in [5.41, 5.74) is -0.633. The van der Waals surface area contributed by atoms with Crippen LogP contribution in [-0.4, -0.2) is 23.8 Å². The van der Waals surface area contributed by atoms with Gasteiger partial charge >= 0.3 is 5.97 Å². The predicted molar refractivity (Wildman–Crippen MR) is 65.6 cm³/mol. The molecule has 0 aromatic carbocycles. The fourth-order valence-corrected chi connectivity index (χ4v) is 1.92. The van der Waals surface area contributed by atoms with E-state index in [2.05, 4.69) is 6.92 Å². The van der Waals surface area contributed by atoms with Crippen molar-refractivity contribution in [3.8, 4) is 0 Å². The molecular formula is C13H26O3. The summed E-state index contributed by atoms with van der Waals surface area (Å²) in [5, 5.41) is 9.32. The molecular weight excluding hydrogens is 204 g/mol. The molecule has 0 bridgehead atoms. The largest absolute Gasteiger partial charge is 0.481 e. The molecule has 0 aliphatic carbocycles. The number of hydrogen-bond acceptors (Lipinski definition) is 2. The highest BCUT2D eigenvalue weighted by Gasteiger charge is 2.34. The van der Waals surface area contributed by atoms with Crippen molar-refractivity contribution < 1.29 is 14.6 Å². The van der Waals surface area contributed by atoms with Gasteiger partial charge in [0.05, 0.1) is 11.5 Å². The van der Waals surface area contributed by atoms with Crippen LogP contribution in [0.3, 0.4) is 0 Å². The fraction of sp³-hybridized carbons (Fsp3) is 0.923. The van der Waals surface area contributed by atoms with Crippen molar-refractivity contribution in [1.29, 1.82) is 0 Å². The zero-order chi connectivity index (χ0) is 12.6. The summed E-state index contributed by atoms with van der Waals surface area (Å²) in [6, 6.07) is 0. The highest BCUT2D eigenvalue weighted by Crippen LogP contribution is 2.32. The Bertz CT molecular complexity index is 203. The molecule has 0 saturated heterocycles. The van der Waals surface area contributed by atoms with E-state index in [1.807, 2.05) is 20.8 Å². The highest BCUT2D eigenvalue weighted by atomic mass is 16.5. The summed E-state index contributed by atoms with van der Waals surface area (Å²) in [5.74, 6) is -0.695. The first kappa shape index (κ1) is 15.4. The van der Waals surface area contributed by atoms with Crippen LogP contribution < -0.4 is 0 Å². The Morgan fingerprint density at radius 3 is 2.38 bits per heavy atom. The molecule has 0 amide bonds. The summed E-state index contributed by atoms with van der Waals surface area (Å²) in [6.45, 7) is 8.58. The number of rotatable bonds is 9. The van der Waals surface area contributed by atoms with E-state index >= 15 is 0 Å². The molecule has 0 heterocycles. The number of ether oxygens (including phenoxy) is 1. The van der Waals surface area contributed by atoms with Crippen molar-refractivity contribution in [1.82, 2.24) is 0 Å². The second kappa shape index (κ2) is 7.66. The van der Waals surface area contributed by atoms with E-state index in [9.17, 15) is 9.90 Å². The van der Waals surface area contributed by atoms with Gasteiger partial charge in [-0.3, -0.25) is 4.79 Å². The number of carbonyl (C=O) groups is 1. The van der Waals surface area contributed by atoms with Gasteiger partial charge in [-0.2, -0.15) is 0 Å². The van der Waals surface area contributed by atoms with E-state index in [1.54, 1.807) is 0 Å². The van der Waals surface area contributed by atoms with E-state index in [-0.39, 0.29) is 6.10 Å². The Morgan fingerprint density at radius 2 is 2.00 bits per heavy atom. The van der Waals surface area contributed by atoms with Gasteiger partial charge in [0.25, 0.3) is 0 Å². The number of unbranched alkanes of at least 4 members (excludes halogenated alkanes) is 1. The monoisotopic (exact) mass is 230 g/mol. The lowest BCUT2D eigenvalue weighted by atomic mass is 9.79. The highest BCUT2D eigenvalue weighted by molar-refractivity contribution is 5.74. The van der Waals surface area contributed by atoms with Crippen molar-refractivity contribution in [2.75, 3.05) is 6.61 Å². The molecule has 1 N–H and O–H groups in total. The van der Waals surface area contributed by atoms with Gasteiger partial charge in [-0.05, 0) is 33.1 Å². The molecule has 2 unspecified atom stereocenters. The van der Waals surface area contributed by atoms with Crippen LogP contribution >= 0.6 is 0 Å². The molecule has 0 saturated carbocycles. The van der Waals surface area contributed by atoms with Gasteiger partial charge in [0.2, 0.25) is 0 Å². The van der Waals surface area contributed by atoms with E-state index in [4.69, 9.17) is 4.74 Å². The molecule has 3 nitrogen and oxygen atoms in total. The van der Waals surface area contributed by atoms with E-state index in [0.29, 0.717) is 13.0 Å². The average molecular weight is 230 g/mol. The number of carboxylic acid groups (broad SMARTS) is 1. The van der Waals surface area contributed by atoms with Gasteiger partial charge in [0, 0.05) is 6.61 Å². The molecule has 0 aliphatic heterocycles. The van der Waals surface area contributed by atoms with Crippen LogP contribution in [0.2, 0.25) is 0 Å². The van der Waals surface area contributed by atoms with Crippen molar-refractivity contribution in [3.05, 3.63) is 0 Å². The van der Waals surface area contributed by atoms with Crippen LogP contribution in [0.25, 0.3) is 0 Å². The lowest BCUT2D eigenvalue weighted by Crippen LogP contribution is -2.33. The summed E-state index contributed by atoms with van der Waals surface area (Å²) < 4.78 is 5.55. The maximum atomic E-state index is 11.3. The number of carboxylic acids is 1. The van der Waals surface area contributed by atoms with Crippen LogP contribution in [0.1, 0.15) is 59.8 Å². The van der Waals surface area contributed by atoms with Gasteiger partial charge in [-0.15, -0.1) is 0 Å². The first-order valence-corrected chi connectivity index (χ1v) is 6.35. The van der Waals surface area contributed by atoms with Crippen molar-refractivity contribution in [3.63, 3.8) is 0 Å². The molecule has 0 spiro atoms. The number of hydrogen-bond donors (Lipinski definition) is 1.